The van der Waals surface area contributed by atoms with E-state index in [-0.39, 0.29) is 0 Å². The van der Waals surface area contributed by atoms with E-state index >= 15 is 0 Å². The lowest BCUT2D eigenvalue weighted by molar-refractivity contribution is 0.249. The first-order valence-corrected chi connectivity index (χ1v) is 7.66. The number of aromatic nitrogens is 4. The molecule has 0 saturated carbocycles. The molecule has 0 atom stereocenters. The van der Waals surface area contributed by atoms with E-state index in [1.807, 2.05) is 12.1 Å². The molecular weight excluding hydrogens is 278 g/mol. The summed E-state index contributed by atoms with van der Waals surface area (Å²) >= 11 is 0. The number of aromatic amines is 1. The molecule has 1 aromatic heterocycles. The van der Waals surface area contributed by atoms with Gasteiger partial charge >= 0.3 is 0 Å². The Morgan fingerprint density at radius 2 is 2.32 bits per heavy atom. The topological polar surface area (TPSA) is 66.9 Å². The van der Waals surface area contributed by atoms with Crippen LogP contribution in [0.2, 0.25) is 0 Å². The number of aryl methyl sites for hydroxylation is 1. The van der Waals surface area contributed by atoms with E-state index < -0.39 is 0 Å². The van der Waals surface area contributed by atoms with Gasteiger partial charge in [0.1, 0.15) is 5.75 Å². The van der Waals surface area contributed by atoms with Gasteiger partial charge in [-0.25, -0.2) is 0 Å². The van der Waals surface area contributed by atoms with Crippen LogP contribution in [0.25, 0.3) is 5.57 Å². The van der Waals surface area contributed by atoms with E-state index in [4.69, 9.17) is 4.74 Å². The maximum absolute atomic E-state index is 5.80. The zero-order chi connectivity index (χ0) is 15.2. The summed E-state index contributed by atoms with van der Waals surface area (Å²) in [5.41, 5.74) is 2.38. The van der Waals surface area contributed by atoms with Gasteiger partial charge in [0.05, 0.1) is 6.61 Å². The Balaban J connectivity index is 1.42. The van der Waals surface area contributed by atoms with Crippen LogP contribution in [-0.4, -0.2) is 51.8 Å². The van der Waals surface area contributed by atoms with Gasteiger partial charge in [-0.3, -0.25) is 4.90 Å². The van der Waals surface area contributed by atoms with Gasteiger partial charge < -0.3 is 4.74 Å². The highest BCUT2D eigenvalue weighted by molar-refractivity contribution is 5.61. The average Bonchev–Trinajstić information content (AvgIpc) is 3.06. The Labute approximate surface area is 130 Å². The summed E-state index contributed by atoms with van der Waals surface area (Å²) in [6.07, 6.45) is 4.24. The quantitative estimate of drug-likeness (QED) is 0.827. The van der Waals surface area contributed by atoms with Crippen molar-refractivity contribution in [3.8, 4) is 5.75 Å². The van der Waals surface area contributed by atoms with Gasteiger partial charge in [0, 0.05) is 25.2 Å². The van der Waals surface area contributed by atoms with Gasteiger partial charge in [0.25, 0.3) is 0 Å². The molecule has 6 nitrogen and oxygen atoms in total. The van der Waals surface area contributed by atoms with E-state index in [2.05, 4.69) is 50.7 Å². The molecule has 116 valence electrons. The van der Waals surface area contributed by atoms with Gasteiger partial charge in [-0.1, -0.05) is 18.2 Å². The maximum Gasteiger partial charge on any atom is 0.201 e. The fourth-order valence-corrected chi connectivity index (χ4v) is 2.64. The summed E-state index contributed by atoms with van der Waals surface area (Å²) < 4.78 is 5.80. The minimum absolute atomic E-state index is 0.709. The van der Waals surface area contributed by atoms with Crippen LogP contribution in [0.15, 0.2) is 30.3 Å². The molecular formula is C16H21N5O. The first kappa shape index (κ1) is 14.7. The van der Waals surface area contributed by atoms with Gasteiger partial charge in [0.15, 0.2) is 0 Å². The van der Waals surface area contributed by atoms with Crippen molar-refractivity contribution in [1.82, 2.24) is 25.5 Å². The molecule has 0 aliphatic carbocycles. The van der Waals surface area contributed by atoms with Crippen molar-refractivity contribution in [2.45, 2.75) is 19.8 Å². The second-order valence-electron chi connectivity index (χ2n) is 5.55. The Morgan fingerprint density at radius 3 is 3.14 bits per heavy atom. The number of nitrogens with one attached hydrogen (secondary N) is 1. The van der Waals surface area contributed by atoms with Crippen molar-refractivity contribution in [1.29, 1.82) is 0 Å². The van der Waals surface area contributed by atoms with Gasteiger partial charge in [0.2, 0.25) is 5.82 Å². The molecule has 22 heavy (non-hydrogen) atoms. The molecule has 0 radical (unpaired) electrons. The van der Waals surface area contributed by atoms with Gasteiger partial charge in [-0.2, -0.15) is 5.21 Å². The van der Waals surface area contributed by atoms with Crippen molar-refractivity contribution >= 4 is 5.57 Å². The predicted octanol–water partition coefficient (Wildman–Crippen LogP) is 2.07. The highest BCUT2D eigenvalue weighted by atomic mass is 16.5. The van der Waals surface area contributed by atoms with Crippen molar-refractivity contribution in [2.75, 3.05) is 26.2 Å². The summed E-state index contributed by atoms with van der Waals surface area (Å²) in [6.45, 7) is 5.78. The highest BCUT2D eigenvalue weighted by Gasteiger charge is 2.16. The summed E-state index contributed by atoms with van der Waals surface area (Å²) in [4.78, 5) is 2.41. The zero-order valence-electron chi connectivity index (χ0n) is 12.8. The molecule has 0 amide bonds. The van der Waals surface area contributed by atoms with E-state index in [1.165, 1.54) is 5.56 Å². The summed E-state index contributed by atoms with van der Waals surface area (Å²) in [7, 11) is 0. The third kappa shape index (κ3) is 3.92. The minimum Gasteiger partial charge on any atom is -0.494 e. The van der Waals surface area contributed by atoms with Crippen LogP contribution in [-0.2, 0) is 0 Å². The van der Waals surface area contributed by atoms with Gasteiger partial charge in [-0.05, 0) is 42.7 Å². The third-order valence-corrected chi connectivity index (χ3v) is 3.74. The lowest BCUT2D eigenvalue weighted by Crippen LogP contribution is -2.31. The van der Waals surface area contributed by atoms with Gasteiger partial charge in [-0.15, -0.1) is 10.2 Å². The van der Waals surface area contributed by atoms with Crippen LogP contribution >= 0.6 is 0 Å². The number of rotatable bonds is 6. The van der Waals surface area contributed by atoms with Crippen LogP contribution in [0.5, 0.6) is 5.75 Å². The molecule has 1 aliphatic rings. The average molecular weight is 299 g/mol. The first-order valence-electron chi connectivity index (χ1n) is 7.66. The normalized spacial score (nSPS) is 15.6. The number of benzene rings is 1. The molecule has 2 aromatic rings. The predicted molar refractivity (Wildman–Crippen MR) is 84.5 cm³/mol. The first-order chi connectivity index (χ1) is 10.8. The van der Waals surface area contributed by atoms with Crippen molar-refractivity contribution < 1.29 is 4.74 Å². The summed E-state index contributed by atoms with van der Waals surface area (Å²) in [5.74, 6) is 1.66. The van der Waals surface area contributed by atoms with Crippen molar-refractivity contribution in [3.63, 3.8) is 0 Å². The fourth-order valence-electron chi connectivity index (χ4n) is 2.64. The SMILES string of the molecule is Cc1cccc(OCCCN2CCC=C(c3nn[nH]n3)C2)c1. The second kappa shape index (κ2) is 7.17. The number of ether oxygens (including phenoxy) is 1. The standard InChI is InChI=1S/C16H21N5O/c1-13-5-2-7-15(11-13)22-10-4-9-21-8-3-6-14(12-21)16-17-19-20-18-16/h2,5-7,11H,3-4,8-10,12H2,1H3,(H,17,18,19,20). The fraction of sp³-hybridized carbons (Fsp3) is 0.438. The molecule has 0 bridgehead atoms. The largest absolute Gasteiger partial charge is 0.494 e. The molecule has 0 fully saturated rings. The maximum atomic E-state index is 5.80. The van der Waals surface area contributed by atoms with Crippen LogP contribution in [0.3, 0.4) is 0 Å². The molecule has 1 N–H and O–H groups in total. The van der Waals surface area contributed by atoms with Crippen molar-refractivity contribution in [3.05, 3.63) is 41.7 Å². The van der Waals surface area contributed by atoms with E-state index in [0.29, 0.717) is 5.82 Å². The Hall–Kier alpha value is -2.21. The van der Waals surface area contributed by atoms with Crippen LogP contribution < -0.4 is 4.74 Å². The minimum atomic E-state index is 0.709. The molecule has 2 heterocycles. The van der Waals surface area contributed by atoms with Crippen LogP contribution in [0.4, 0.5) is 0 Å². The smallest absolute Gasteiger partial charge is 0.201 e. The van der Waals surface area contributed by atoms with Crippen molar-refractivity contribution in [2.24, 2.45) is 0 Å². The van der Waals surface area contributed by atoms with Crippen LogP contribution in [0, 0.1) is 6.92 Å². The highest BCUT2D eigenvalue weighted by Crippen LogP contribution is 2.17. The summed E-state index contributed by atoms with van der Waals surface area (Å²) in [6, 6.07) is 8.17. The lowest BCUT2D eigenvalue weighted by Gasteiger charge is -2.25. The van der Waals surface area contributed by atoms with E-state index in [0.717, 1.165) is 50.4 Å². The molecule has 0 unspecified atom stereocenters. The number of hydrogen-bond donors (Lipinski definition) is 1. The molecule has 1 aromatic carbocycles. The number of hydrogen-bond acceptors (Lipinski definition) is 5. The number of tetrazole rings is 1. The molecule has 0 saturated heterocycles. The Kier molecular flexibility index (Phi) is 4.80. The Morgan fingerprint density at radius 1 is 1.36 bits per heavy atom. The van der Waals surface area contributed by atoms with E-state index in [1.54, 1.807) is 0 Å². The molecule has 0 spiro atoms. The monoisotopic (exact) mass is 299 g/mol. The Bertz CT molecular complexity index is 623. The van der Waals surface area contributed by atoms with E-state index in [9.17, 15) is 0 Å². The number of nitrogens with zero attached hydrogens (tertiary/aromatic N) is 4. The summed E-state index contributed by atoms with van der Waals surface area (Å²) in [5, 5.41) is 14.2. The third-order valence-electron chi connectivity index (χ3n) is 3.74. The molecule has 6 heteroatoms. The van der Waals surface area contributed by atoms with Crippen LogP contribution in [0.1, 0.15) is 24.2 Å². The molecule has 3 rings (SSSR count). The molecule has 1 aliphatic heterocycles. The second-order valence-corrected chi connectivity index (χ2v) is 5.55. The number of H-pyrrole nitrogens is 1. The zero-order valence-corrected chi connectivity index (χ0v) is 12.8. The lowest BCUT2D eigenvalue weighted by atomic mass is 10.1.